The van der Waals surface area contributed by atoms with E-state index in [4.69, 9.17) is 5.73 Å². The Labute approximate surface area is 77.4 Å². The van der Waals surface area contributed by atoms with Crippen LogP contribution in [-0.4, -0.2) is 4.98 Å². The number of hydrogen-bond donors (Lipinski definition) is 1. The standard InChI is InChI=1S/C8H11FN2.ClH/c1-2-7(10)8-4-3-6(9)5-11-8;/h3-5,7H,2,10H2,1H3;1H/t7-;/m0./s1. The minimum atomic E-state index is -0.322. The lowest BCUT2D eigenvalue weighted by molar-refractivity contribution is 0.610. The first kappa shape index (κ1) is 11.3. The van der Waals surface area contributed by atoms with Gasteiger partial charge in [0.25, 0.3) is 0 Å². The van der Waals surface area contributed by atoms with Crippen LogP contribution >= 0.6 is 12.4 Å². The molecule has 0 aliphatic rings. The highest BCUT2D eigenvalue weighted by atomic mass is 35.5. The normalized spacial score (nSPS) is 11.9. The van der Waals surface area contributed by atoms with E-state index in [1.807, 2.05) is 6.92 Å². The maximum Gasteiger partial charge on any atom is 0.141 e. The Morgan fingerprint density at radius 3 is 2.67 bits per heavy atom. The molecular weight excluding hydrogens is 179 g/mol. The zero-order chi connectivity index (χ0) is 8.27. The molecule has 68 valence electrons. The fourth-order valence-electron chi connectivity index (χ4n) is 0.816. The van der Waals surface area contributed by atoms with Gasteiger partial charge in [0.2, 0.25) is 0 Å². The predicted octanol–water partition coefficient (Wildman–Crippen LogP) is 2.05. The van der Waals surface area contributed by atoms with Crippen molar-refractivity contribution in [3.8, 4) is 0 Å². The lowest BCUT2D eigenvalue weighted by Gasteiger charge is -2.06. The third-order valence-corrected chi connectivity index (χ3v) is 1.57. The Morgan fingerprint density at radius 1 is 1.58 bits per heavy atom. The lowest BCUT2D eigenvalue weighted by Crippen LogP contribution is -2.10. The molecule has 2 N–H and O–H groups in total. The van der Waals surface area contributed by atoms with Gasteiger partial charge in [0.15, 0.2) is 0 Å². The van der Waals surface area contributed by atoms with Crippen molar-refractivity contribution >= 4 is 12.4 Å². The molecule has 12 heavy (non-hydrogen) atoms. The molecule has 1 aromatic heterocycles. The molecule has 0 saturated heterocycles. The molecule has 0 amide bonds. The Balaban J connectivity index is 0.00000121. The first-order valence-electron chi connectivity index (χ1n) is 3.61. The van der Waals surface area contributed by atoms with Gasteiger partial charge in [-0.05, 0) is 18.6 Å². The van der Waals surface area contributed by atoms with Crippen molar-refractivity contribution in [3.63, 3.8) is 0 Å². The van der Waals surface area contributed by atoms with Crippen molar-refractivity contribution in [1.29, 1.82) is 0 Å². The van der Waals surface area contributed by atoms with Crippen molar-refractivity contribution in [2.24, 2.45) is 5.73 Å². The third-order valence-electron chi connectivity index (χ3n) is 1.57. The van der Waals surface area contributed by atoms with Crippen LogP contribution in [0.1, 0.15) is 25.1 Å². The largest absolute Gasteiger partial charge is 0.323 e. The van der Waals surface area contributed by atoms with Gasteiger partial charge >= 0.3 is 0 Å². The maximum atomic E-state index is 12.4. The fourth-order valence-corrected chi connectivity index (χ4v) is 0.816. The zero-order valence-electron chi connectivity index (χ0n) is 6.83. The van der Waals surface area contributed by atoms with Crippen LogP contribution in [0.15, 0.2) is 18.3 Å². The molecule has 0 spiro atoms. The number of pyridine rings is 1. The van der Waals surface area contributed by atoms with Gasteiger partial charge < -0.3 is 5.73 Å². The van der Waals surface area contributed by atoms with E-state index >= 15 is 0 Å². The summed E-state index contributed by atoms with van der Waals surface area (Å²) in [5.74, 6) is -0.322. The highest BCUT2D eigenvalue weighted by Crippen LogP contribution is 2.09. The van der Waals surface area contributed by atoms with E-state index in [-0.39, 0.29) is 24.3 Å². The quantitative estimate of drug-likeness (QED) is 0.776. The molecule has 0 aliphatic carbocycles. The van der Waals surface area contributed by atoms with Gasteiger partial charge in [0, 0.05) is 6.04 Å². The Bertz CT molecular complexity index is 225. The molecule has 0 bridgehead atoms. The maximum absolute atomic E-state index is 12.4. The van der Waals surface area contributed by atoms with Crippen LogP contribution in [0.5, 0.6) is 0 Å². The summed E-state index contributed by atoms with van der Waals surface area (Å²) in [4.78, 5) is 3.85. The number of nitrogens with two attached hydrogens (primary N) is 1. The molecule has 1 heterocycles. The van der Waals surface area contributed by atoms with E-state index in [2.05, 4.69) is 4.98 Å². The number of rotatable bonds is 2. The molecule has 0 radical (unpaired) electrons. The molecule has 1 rings (SSSR count). The number of aromatic nitrogens is 1. The molecule has 0 aromatic carbocycles. The summed E-state index contributed by atoms with van der Waals surface area (Å²) in [6, 6.07) is 2.91. The second-order valence-corrected chi connectivity index (χ2v) is 2.42. The highest BCUT2D eigenvalue weighted by Gasteiger charge is 2.03. The lowest BCUT2D eigenvalue weighted by atomic mass is 10.1. The highest BCUT2D eigenvalue weighted by molar-refractivity contribution is 5.85. The summed E-state index contributed by atoms with van der Waals surface area (Å²) in [7, 11) is 0. The zero-order valence-corrected chi connectivity index (χ0v) is 7.64. The minimum absolute atomic E-state index is 0. The van der Waals surface area contributed by atoms with Crippen molar-refractivity contribution in [3.05, 3.63) is 29.8 Å². The molecule has 4 heteroatoms. The van der Waals surface area contributed by atoms with Crippen molar-refractivity contribution in [2.75, 3.05) is 0 Å². The van der Waals surface area contributed by atoms with Crippen molar-refractivity contribution < 1.29 is 4.39 Å². The van der Waals surface area contributed by atoms with Crippen LogP contribution in [-0.2, 0) is 0 Å². The number of nitrogens with zero attached hydrogens (tertiary/aromatic N) is 1. The molecule has 0 fully saturated rings. The molecule has 1 atom stereocenters. The van der Waals surface area contributed by atoms with Crippen molar-refractivity contribution in [1.82, 2.24) is 4.98 Å². The fraction of sp³-hybridized carbons (Fsp3) is 0.375. The van der Waals surface area contributed by atoms with Crippen LogP contribution < -0.4 is 5.73 Å². The summed E-state index contributed by atoms with van der Waals surface area (Å²) in [6.45, 7) is 1.97. The van der Waals surface area contributed by atoms with Gasteiger partial charge in [-0.3, -0.25) is 4.98 Å². The molecule has 1 aromatic rings. The van der Waals surface area contributed by atoms with Crippen LogP contribution in [0.25, 0.3) is 0 Å². The first-order chi connectivity index (χ1) is 5.24. The Hall–Kier alpha value is -0.670. The molecule has 0 saturated carbocycles. The van der Waals surface area contributed by atoms with Gasteiger partial charge in [0.1, 0.15) is 5.82 Å². The van der Waals surface area contributed by atoms with E-state index in [0.29, 0.717) is 0 Å². The van der Waals surface area contributed by atoms with Gasteiger partial charge in [-0.2, -0.15) is 0 Å². The smallest absolute Gasteiger partial charge is 0.141 e. The Kier molecular flexibility index (Phi) is 4.78. The van der Waals surface area contributed by atoms with E-state index in [0.717, 1.165) is 12.1 Å². The summed E-state index contributed by atoms with van der Waals surface area (Å²) >= 11 is 0. The topological polar surface area (TPSA) is 38.9 Å². The van der Waals surface area contributed by atoms with Crippen molar-refractivity contribution in [2.45, 2.75) is 19.4 Å². The summed E-state index contributed by atoms with van der Waals surface area (Å²) in [6.07, 6.45) is 2.00. The van der Waals surface area contributed by atoms with Gasteiger partial charge in [-0.25, -0.2) is 4.39 Å². The number of hydrogen-bond acceptors (Lipinski definition) is 2. The summed E-state index contributed by atoms with van der Waals surface area (Å²) < 4.78 is 12.4. The third kappa shape index (κ3) is 2.75. The van der Waals surface area contributed by atoms with E-state index in [1.165, 1.54) is 12.3 Å². The molecule has 0 aliphatic heterocycles. The molecule has 2 nitrogen and oxygen atoms in total. The molecular formula is C8H12ClFN2. The average molecular weight is 191 g/mol. The van der Waals surface area contributed by atoms with Crippen LogP contribution in [0.4, 0.5) is 4.39 Å². The van der Waals surface area contributed by atoms with Gasteiger partial charge in [0.05, 0.1) is 11.9 Å². The van der Waals surface area contributed by atoms with Crippen LogP contribution in [0, 0.1) is 5.82 Å². The van der Waals surface area contributed by atoms with E-state index in [9.17, 15) is 4.39 Å². The Morgan fingerprint density at radius 2 is 2.25 bits per heavy atom. The second kappa shape index (κ2) is 5.06. The SMILES string of the molecule is CC[C@H](N)c1ccc(F)cn1.Cl. The first-order valence-corrected chi connectivity index (χ1v) is 3.61. The minimum Gasteiger partial charge on any atom is -0.323 e. The molecule has 0 unspecified atom stereocenters. The number of halogens is 2. The van der Waals surface area contributed by atoms with Crippen LogP contribution in [0.3, 0.4) is 0 Å². The second-order valence-electron chi connectivity index (χ2n) is 2.42. The summed E-state index contributed by atoms with van der Waals surface area (Å²) in [5, 5.41) is 0. The average Bonchev–Trinajstić information content (AvgIpc) is 2.05. The van der Waals surface area contributed by atoms with E-state index in [1.54, 1.807) is 6.07 Å². The predicted molar refractivity (Wildman–Crippen MR) is 48.7 cm³/mol. The van der Waals surface area contributed by atoms with Crippen LogP contribution in [0.2, 0.25) is 0 Å². The van der Waals surface area contributed by atoms with Gasteiger partial charge in [-0.1, -0.05) is 6.92 Å². The summed E-state index contributed by atoms with van der Waals surface area (Å²) in [5.41, 5.74) is 6.40. The van der Waals surface area contributed by atoms with E-state index < -0.39 is 0 Å². The monoisotopic (exact) mass is 190 g/mol. The van der Waals surface area contributed by atoms with Gasteiger partial charge in [-0.15, -0.1) is 12.4 Å².